The Labute approximate surface area is 141 Å². The van der Waals surface area contributed by atoms with Gasteiger partial charge in [-0.15, -0.1) is 0 Å². The Balaban J connectivity index is 3.73. The fraction of sp³-hybridized carbons (Fsp3) is 1.00. The average Bonchev–Trinajstić information content (AvgIpc) is 2.45. The summed E-state index contributed by atoms with van der Waals surface area (Å²) in [5.41, 5.74) is -13.1. The summed E-state index contributed by atoms with van der Waals surface area (Å²) in [7, 11) is 0. The minimum Gasteiger partial charge on any atom is -0.376 e. The topological polar surface area (TPSA) is 20.2 Å². The number of alkyl halides is 8. The molecule has 1 aliphatic carbocycles. The molecular formula is C16H24F8O. The van der Waals surface area contributed by atoms with Crippen LogP contribution in [0.2, 0.25) is 0 Å². The van der Waals surface area contributed by atoms with E-state index in [4.69, 9.17) is 0 Å². The minimum absolute atomic E-state index is 0.677. The molecule has 0 bridgehead atoms. The van der Waals surface area contributed by atoms with E-state index in [1.165, 1.54) is 20.8 Å². The molecule has 1 N–H and O–H groups in total. The van der Waals surface area contributed by atoms with Crippen molar-refractivity contribution >= 4 is 0 Å². The second-order valence-corrected chi connectivity index (χ2v) is 9.13. The van der Waals surface area contributed by atoms with Crippen LogP contribution in [0.5, 0.6) is 0 Å². The van der Waals surface area contributed by atoms with E-state index in [1.54, 1.807) is 0 Å². The van der Waals surface area contributed by atoms with E-state index in [1.807, 2.05) is 0 Å². The lowest BCUT2D eigenvalue weighted by Gasteiger charge is -2.46. The summed E-state index contributed by atoms with van der Waals surface area (Å²) in [5.74, 6) is -12.9. The van der Waals surface area contributed by atoms with Crippen molar-refractivity contribution in [2.24, 2.45) is 16.7 Å². The van der Waals surface area contributed by atoms with Crippen LogP contribution in [-0.4, -0.2) is 34.4 Å². The van der Waals surface area contributed by atoms with Crippen molar-refractivity contribution in [2.75, 3.05) is 0 Å². The summed E-state index contributed by atoms with van der Waals surface area (Å²) < 4.78 is 113. The summed E-state index contributed by atoms with van der Waals surface area (Å²) in [6.07, 6.45) is -8.47. The standard InChI is InChI=1S/C16H24F8O/c1-10(2,3)7-9-8-12(25,16(22,23)24)15(20,21)13(9,17)14(18,19)11(4,5)6/h9,25H,7-8H2,1-6H3. The average molecular weight is 384 g/mol. The zero-order valence-corrected chi connectivity index (χ0v) is 15.0. The van der Waals surface area contributed by atoms with Crippen LogP contribution in [0.25, 0.3) is 0 Å². The smallest absolute Gasteiger partial charge is 0.376 e. The highest BCUT2D eigenvalue weighted by Gasteiger charge is 2.90. The Bertz CT molecular complexity index is 514. The summed E-state index contributed by atoms with van der Waals surface area (Å²) in [4.78, 5) is 0. The first kappa shape index (κ1) is 22.4. The van der Waals surface area contributed by atoms with Crippen molar-refractivity contribution < 1.29 is 40.2 Å². The first-order valence-electron chi connectivity index (χ1n) is 7.80. The third-order valence-electron chi connectivity index (χ3n) is 4.81. The minimum atomic E-state index is -5.96. The van der Waals surface area contributed by atoms with Crippen LogP contribution in [0.4, 0.5) is 35.1 Å². The Morgan fingerprint density at radius 2 is 1.28 bits per heavy atom. The van der Waals surface area contributed by atoms with Gasteiger partial charge in [0.2, 0.25) is 11.3 Å². The molecular weight excluding hydrogens is 360 g/mol. The monoisotopic (exact) mass is 384 g/mol. The molecule has 0 spiro atoms. The van der Waals surface area contributed by atoms with Gasteiger partial charge in [0, 0.05) is 11.3 Å². The number of hydrogen-bond acceptors (Lipinski definition) is 1. The SMILES string of the molecule is CC(C)(C)CC1CC(O)(C(F)(F)F)C(F)(F)C1(F)C(F)(F)C(C)(C)C. The molecule has 0 aromatic carbocycles. The normalized spacial score (nSPS) is 34.4. The van der Waals surface area contributed by atoms with Crippen LogP contribution in [0.3, 0.4) is 0 Å². The Morgan fingerprint density at radius 3 is 1.56 bits per heavy atom. The van der Waals surface area contributed by atoms with E-state index in [0.717, 1.165) is 20.8 Å². The largest absolute Gasteiger partial charge is 0.423 e. The molecule has 9 heteroatoms. The van der Waals surface area contributed by atoms with E-state index in [0.29, 0.717) is 0 Å². The van der Waals surface area contributed by atoms with Crippen LogP contribution in [0.1, 0.15) is 54.4 Å². The van der Waals surface area contributed by atoms with Crippen molar-refractivity contribution in [2.45, 2.75) is 83.7 Å². The maximum atomic E-state index is 15.4. The van der Waals surface area contributed by atoms with Gasteiger partial charge in [-0.2, -0.15) is 22.0 Å². The maximum absolute atomic E-state index is 15.4. The van der Waals surface area contributed by atoms with Gasteiger partial charge in [-0.25, -0.2) is 13.2 Å². The first-order chi connectivity index (χ1) is 10.6. The molecule has 1 rings (SSSR count). The van der Waals surface area contributed by atoms with Gasteiger partial charge in [0.25, 0.3) is 5.92 Å². The predicted octanol–water partition coefficient (Wildman–Crippen LogP) is 5.76. The molecule has 1 saturated carbocycles. The third kappa shape index (κ3) is 2.94. The van der Waals surface area contributed by atoms with Gasteiger partial charge in [-0.05, 0) is 18.3 Å². The summed E-state index contributed by atoms with van der Waals surface area (Å²) >= 11 is 0. The van der Waals surface area contributed by atoms with Crippen LogP contribution in [-0.2, 0) is 0 Å². The number of halogens is 8. The van der Waals surface area contributed by atoms with Crippen molar-refractivity contribution in [3.63, 3.8) is 0 Å². The molecule has 1 nitrogen and oxygen atoms in total. The summed E-state index contributed by atoms with van der Waals surface area (Å²) in [6.45, 7) is 6.53. The quantitative estimate of drug-likeness (QED) is 0.600. The second-order valence-electron chi connectivity index (χ2n) is 9.13. The molecule has 3 atom stereocenters. The number of hydrogen-bond donors (Lipinski definition) is 1. The molecule has 3 unspecified atom stereocenters. The van der Waals surface area contributed by atoms with Crippen LogP contribution in [0.15, 0.2) is 0 Å². The number of aliphatic hydroxyl groups is 1. The van der Waals surface area contributed by atoms with Crippen molar-refractivity contribution in [3.05, 3.63) is 0 Å². The highest BCUT2D eigenvalue weighted by Crippen LogP contribution is 2.69. The Morgan fingerprint density at radius 1 is 0.880 bits per heavy atom. The van der Waals surface area contributed by atoms with E-state index >= 15 is 4.39 Å². The van der Waals surface area contributed by atoms with Crippen LogP contribution < -0.4 is 0 Å². The second kappa shape index (κ2) is 5.45. The molecule has 1 aliphatic rings. The van der Waals surface area contributed by atoms with Crippen LogP contribution in [0, 0.1) is 16.7 Å². The van der Waals surface area contributed by atoms with E-state index in [2.05, 4.69) is 0 Å². The van der Waals surface area contributed by atoms with Gasteiger partial charge in [-0.3, -0.25) is 0 Å². The van der Waals surface area contributed by atoms with Crippen molar-refractivity contribution in [1.82, 2.24) is 0 Å². The highest BCUT2D eigenvalue weighted by molar-refractivity contribution is 5.25. The molecule has 0 radical (unpaired) electrons. The molecule has 0 aromatic rings. The van der Waals surface area contributed by atoms with Gasteiger partial charge < -0.3 is 5.11 Å². The van der Waals surface area contributed by atoms with Gasteiger partial charge in [0.05, 0.1) is 0 Å². The van der Waals surface area contributed by atoms with Gasteiger partial charge >= 0.3 is 12.1 Å². The van der Waals surface area contributed by atoms with Crippen LogP contribution >= 0.6 is 0 Å². The zero-order chi connectivity index (χ0) is 20.5. The first-order valence-corrected chi connectivity index (χ1v) is 7.80. The molecule has 1 fully saturated rings. The number of rotatable bonds is 2. The predicted molar refractivity (Wildman–Crippen MR) is 76.4 cm³/mol. The molecule has 0 amide bonds. The molecule has 0 aromatic heterocycles. The molecule has 0 saturated heterocycles. The lowest BCUT2D eigenvalue weighted by atomic mass is 9.69. The zero-order valence-electron chi connectivity index (χ0n) is 15.0. The van der Waals surface area contributed by atoms with Crippen molar-refractivity contribution in [1.29, 1.82) is 0 Å². The van der Waals surface area contributed by atoms with Gasteiger partial charge in [0.1, 0.15) is 0 Å². The van der Waals surface area contributed by atoms with E-state index in [-0.39, 0.29) is 0 Å². The van der Waals surface area contributed by atoms with E-state index < -0.39 is 58.9 Å². The molecule has 0 heterocycles. The highest BCUT2D eigenvalue weighted by atomic mass is 19.4. The molecule has 150 valence electrons. The van der Waals surface area contributed by atoms with Gasteiger partial charge in [-0.1, -0.05) is 41.5 Å². The van der Waals surface area contributed by atoms with Crippen molar-refractivity contribution in [3.8, 4) is 0 Å². The molecule has 25 heavy (non-hydrogen) atoms. The van der Waals surface area contributed by atoms with E-state index in [9.17, 15) is 35.8 Å². The summed E-state index contributed by atoms with van der Waals surface area (Å²) in [5, 5.41) is 9.64. The third-order valence-corrected chi connectivity index (χ3v) is 4.81. The maximum Gasteiger partial charge on any atom is 0.423 e. The lowest BCUT2D eigenvalue weighted by molar-refractivity contribution is -0.364. The summed E-state index contributed by atoms with van der Waals surface area (Å²) in [6, 6.07) is 0. The molecule has 0 aliphatic heterocycles. The Hall–Kier alpha value is -0.600. The fourth-order valence-corrected chi connectivity index (χ4v) is 3.43. The fourth-order valence-electron chi connectivity index (χ4n) is 3.43. The lowest BCUT2D eigenvalue weighted by Crippen LogP contribution is -2.69. The van der Waals surface area contributed by atoms with Gasteiger partial charge in [0.15, 0.2) is 0 Å². The Kier molecular flexibility index (Phi) is 4.90.